The van der Waals surface area contributed by atoms with Crippen LogP contribution in [0.1, 0.15) is 52.4 Å². The van der Waals surface area contributed by atoms with Gasteiger partial charge in [-0.15, -0.1) is 0 Å². The van der Waals surface area contributed by atoms with E-state index in [9.17, 15) is 4.79 Å². The zero-order valence-electron chi connectivity index (χ0n) is 10.9. The molecule has 0 fully saturated rings. The van der Waals surface area contributed by atoms with Gasteiger partial charge in [0.15, 0.2) is 0 Å². The van der Waals surface area contributed by atoms with Gasteiger partial charge in [-0.2, -0.15) is 0 Å². The van der Waals surface area contributed by atoms with Gasteiger partial charge in [0.05, 0.1) is 6.33 Å². The van der Waals surface area contributed by atoms with Crippen LogP contribution in [0.2, 0.25) is 0 Å². The van der Waals surface area contributed by atoms with Crippen molar-refractivity contribution in [2.45, 2.75) is 52.4 Å². The maximum absolute atomic E-state index is 10.3. The average molecular weight is 240 g/mol. The fourth-order valence-electron chi connectivity index (χ4n) is 1.59. The van der Waals surface area contributed by atoms with Crippen LogP contribution in [0.4, 0.5) is 0 Å². The number of carbonyl (C=O) groups is 1. The molecule has 0 spiro atoms. The predicted octanol–water partition coefficient (Wildman–Crippen LogP) is 3.48. The fourth-order valence-corrected chi connectivity index (χ4v) is 1.59. The molecule has 1 aromatic rings. The summed E-state index contributed by atoms with van der Waals surface area (Å²) in [6.45, 7) is 4.31. The summed E-state index contributed by atoms with van der Waals surface area (Å²) in [5, 5.41) is 8.48. The summed E-state index contributed by atoms with van der Waals surface area (Å²) < 4.78 is 0. The van der Waals surface area contributed by atoms with Gasteiger partial charge in [-0.05, 0) is 12.3 Å². The smallest absolute Gasteiger partial charge is 0.303 e. The Hall–Kier alpha value is -1.32. The minimum Gasteiger partial charge on any atom is -0.481 e. The lowest BCUT2D eigenvalue weighted by molar-refractivity contribution is -0.137. The SMILES string of the molecule is CCCCC(CC)CCC(=O)O.c1c[nH]cn1. The number of carboxylic acids is 1. The number of aliphatic carboxylic acids is 1. The molecule has 17 heavy (non-hydrogen) atoms. The number of nitrogens with zero attached hydrogens (tertiary/aromatic N) is 1. The van der Waals surface area contributed by atoms with E-state index in [0.717, 1.165) is 12.8 Å². The standard InChI is InChI=1S/C10H20O2.C3H4N2/c1-3-5-6-9(4-2)7-8-10(11)12;1-2-5-3-4-1/h9H,3-8H2,1-2H3,(H,11,12);1-3H,(H,4,5). The molecule has 1 atom stereocenters. The molecule has 1 aromatic heterocycles. The van der Waals surface area contributed by atoms with Gasteiger partial charge in [0.1, 0.15) is 0 Å². The van der Waals surface area contributed by atoms with E-state index in [1.807, 2.05) is 0 Å². The van der Waals surface area contributed by atoms with E-state index < -0.39 is 5.97 Å². The second-order valence-corrected chi connectivity index (χ2v) is 4.11. The Morgan fingerprint density at radius 3 is 2.53 bits per heavy atom. The molecule has 4 nitrogen and oxygen atoms in total. The third-order valence-electron chi connectivity index (χ3n) is 2.72. The van der Waals surface area contributed by atoms with Gasteiger partial charge in [-0.1, -0.05) is 39.5 Å². The second kappa shape index (κ2) is 11.2. The highest BCUT2D eigenvalue weighted by Gasteiger charge is 2.07. The highest BCUT2D eigenvalue weighted by Crippen LogP contribution is 2.17. The van der Waals surface area contributed by atoms with Crippen molar-refractivity contribution in [2.75, 3.05) is 0 Å². The Labute approximate surface area is 103 Å². The first-order chi connectivity index (χ1) is 8.20. The van der Waals surface area contributed by atoms with Gasteiger partial charge >= 0.3 is 5.97 Å². The lowest BCUT2D eigenvalue weighted by Crippen LogP contribution is -2.03. The molecular weight excluding hydrogens is 216 g/mol. The number of unbranched alkanes of at least 4 members (excludes halogenated alkanes) is 1. The van der Waals surface area contributed by atoms with Gasteiger partial charge in [0, 0.05) is 18.8 Å². The number of hydrogen-bond donors (Lipinski definition) is 2. The van der Waals surface area contributed by atoms with Crippen LogP contribution in [0, 0.1) is 5.92 Å². The van der Waals surface area contributed by atoms with E-state index >= 15 is 0 Å². The van der Waals surface area contributed by atoms with Crippen LogP contribution in [0.15, 0.2) is 18.7 Å². The van der Waals surface area contributed by atoms with E-state index in [4.69, 9.17) is 5.11 Å². The first-order valence-corrected chi connectivity index (χ1v) is 6.35. The summed E-state index contributed by atoms with van der Waals surface area (Å²) in [7, 11) is 0. The number of carboxylic acid groups (broad SMARTS) is 1. The van der Waals surface area contributed by atoms with Crippen molar-refractivity contribution < 1.29 is 9.90 Å². The van der Waals surface area contributed by atoms with E-state index in [2.05, 4.69) is 23.8 Å². The van der Waals surface area contributed by atoms with Gasteiger partial charge in [0.2, 0.25) is 0 Å². The number of H-pyrrole nitrogens is 1. The van der Waals surface area contributed by atoms with Gasteiger partial charge in [-0.25, -0.2) is 4.98 Å². The highest BCUT2D eigenvalue weighted by atomic mass is 16.4. The monoisotopic (exact) mass is 240 g/mol. The van der Waals surface area contributed by atoms with E-state index in [1.165, 1.54) is 19.3 Å². The highest BCUT2D eigenvalue weighted by molar-refractivity contribution is 5.66. The van der Waals surface area contributed by atoms with Crippen LogP contribution < -0.4 is 0 Å². The molecule has 0 aromatic carbocycles. The van der Waals surface area contributed by atoms with Crippen LogP contribution in [0.25, 0.3) is 0 Å². The lowest BCUT2D eigenvalue weighted by atomic mass is 9.94. The lowest BCUT2D eigenvalue weighted by Gasteiger charge is -2.11. The number of aromatic nitrogens is 2. The molecule has 0 saturated heterocycles. The molecule has 0 amide bonds. The third-order valence-corrected chi connectivity index (χ3v) is 2.72. The molecule has 1 heterocycles. The second-order valence-electron chi connectivity index (χ2n) is 4.11. The molecule has 98 valence electrons. The average Bonchev–Trinajstić information content (AvgIpc) is 2.88. The fraction of sp³-hybridized carbons (Fsp3) is 0.692. The van der Waals surface area contributed by atoms with Crippen LogP contribution >= 0.6 is 0 Å². The summed E-state index contributed by atoms with van der Waals surface area (Å²) in [6, 6.07) is 0. The van der Waals surface area contributed by atoms with Crippen molar-refractivity contribution in [3.05, 3.63) is 18.7 Å². The quantitative estimate of drug-likeness (QED) is 0.766. The molecular formula is C13H24N2O2. The Kier molecular flexibility index (Phi) is 10.3. The number of rotatable bonds is 7. The van der Waals surface area contributed by atoms with Crippen molar-refractivity contribution >= 4 is 5.97 Å². The van der Waals surface area contributed by atoms with Crippen molar-refractivity contribution in [1.29, 1.82) is 0 Å². The van der Waals surface area contributed by atoms with Crippen LogP contribution in [-0.2, 0) is 4.79 Å². The largest absolute Gasteiger partial charge is 0.481 e. The summed E-state index contributed by atoms with van der Waals surface area (Å²) >= 11 is 0. The Morgan fingerprint density at radius 1 is 1.41 bits per heavy atom. The normalized spacial score (nSPS) is 11.4. The zero-order chi connectivity index (χ0) is 12.9. The molecule has 0 aliphatic heterocycles. The summed E-state index contributed by atoms with van der Waals surface area (Å²) in [6.07, 6.45) is 11.0. The molecule has 0 aliphatic rings. The maximum Gasteiger partial charge on any atom is 0.303 e. The number of imidazole rings is 1. The molecule has 0 bridgehead atoms. The first kappa shape index (κ1) is 15.7. The minimum atomic E-state index is -0.662. The molecule has 0 saturated carbocycles. The zero-order valence-corrected chi connectivity index (χ0v) is 10.9. The number of hydrogen-bond acceptors (Lipinski definition) is 2. The molecule has 2 N–H and O–H groups in total. The van der Waals surface area contributed by atoms with Crippen LogP contribution in [-0.4, -0.2) is 21.0 Å². The van der Waals surface area contributed by atoms with Gasteiger partial charge < -0.3 is 10.1 Å². The molecule has 0 radical (unpaired) electrons. The van der Waals surface area contributed by atoms with Crippen molar-refractivity contribution in [3.8, 4) is 0 Å². The maximum atomic E-state index is 10.3. The van der Waals surface area contributed by atoms with Crippen LogP contribution in [0.5, 0.6) is 0 Å². The van der Waals surface area contributed by atoms with Gasteiger partial charge in [-0.3, -0.25) is 4.79 Å². The van der Waals surface area contributed by atoms with Gasteiger partial charge in [0.25, 0.3) is 0 Å². The number of nitrogens with one attached hydrogen (secondary N) is 1. The summed E-state index contributed by atoms with van der Waals surface area (Å²) in [5.74, 6) is -0.0361. The molecule has 1 rings (SSSR count). The molecule has 0 aliphatic carbocycles. The Balaban J connectivity index is 0.000000419. The van der Waals surface area contributed by atoms with E-state index in [1.54, 1.807) is 18.7 Å². The molecule has 1 unspecified atom stereocenters. The van der Waals surface area contributed by atoms with Crippen molar-refractivity contribution in [1.82, 2.24) is 9.97 Å². The first-order valence-electron chi connectivity index (χ1n) is 6.35. The minimum absolute atomic E-state index is 0.336. The Morgan fingerprint density at radius 2 is 2.18 bits per heavy atom. The Bertz CT molecular complexity index is 243. The van der Waals surface area contributed by atoms with E-state index in [0.29, 0.717) is 12.3 Å². The third kappa shape index (κ3) is 11.0. The van der Waals surface area contributed by atoms with Crippen molar-refractivity contribution in [2.24, 2.45) is 5.92 Å². The van der Waals surface area contributed by atoms with Crippen LogP contribution in [0.3, 0.4) is 0 Å². The summed E-state index contributed by atoms with van der Waals surface area (Å²) in [5.41, 5.74) is 0. The topological polar surface area (TPSA) is 66.0 Å². The predicted molar refractivity (Wildman–Crippen MR) is 68.8 cm³/mol. The van der Waals surface area contributed by atoms with Crippen molar-refractivity contribution in [3.63, 3.8) is 0 Å². The van der Waals surface area contributed by atoms with E-state index in [-0.39, 0.29) is 0 Å². The number of aromatic amines is 1. The molecule has 4 heteroatoms. The summed E-state index contributed by atoms with van der Waals surface area (Å²) in [4.78, 5) is 16.7.